The Bertz CT molecular complexity index is 509. The van der Waals surface area contributed by atoms with Gasteiger partial charge in [0.05, 0.1) is 5.56 Å². The second-order valence-electron chi connectivity index (χ2n) is 4.44. The van der Waals surface area contributed by atoms with Crippen molar-refractivity contribution in [2.45, 2.75) is 38.9 Å². The Morgan fingerprint density at radius 2 is 2.00 bits per heavy atom. The minimum Gasteiger partial charge on any atom is -0.355 e. The Morgan fingerprint density at radius 1 is 1.30 bits per heavy atom. The van der Waals surface area contributed by atoms with Crippen molar-refractivity contribution < 1.29 is 18.0 Å². The average Bonchev–Trinajstić information content (AvgIpc) is 2.36. The van der Waals surface area contributed by atoms with Gasteiger partial charge in [0.2, 0.25) is 5.91 Å². The van der Waals surface area contributed by atoms with Gasteiger partial charge >= 0.3 is 6.18 Å². The maximum atomic E-state index is 12.5. The van der Waals surface area contributed by atoms with Crippen LogP contribution in [0.2, 0.25) is 0 Å². The molecule has 0 saturated heterocycles. The fourth-order valence-electron chi connectivity index (χ4n) is 1.64. The maximum absolute atomic E-state index is 12.5. The van der Waals surface area contributed by atoms with Gasteiger partial charge < -0.3 is 9.88 Å². The van der Waals surface area contributed by atoms with Crippen LogP contribution < -0.4 is 10.9 Å². The number of unbranched alkanes of at least 4 members (excludes halogenated alkanes) is 2. The van der Waals surface area contributed by atoms with E-state index in [0.29, 0.717) is 18.8 Å². The smallest absolute Gasteiger partial charge is 0.355 e. The number of aromatic nitrogens is 1. The van der Waals surface area contributed by atoms with Crippen molar-refractivity contribution >= 4 is 5.91 Å². The second kappa shape index (κ2) is 7.12. The molecule has 1 amide bonds. The van der Waals surface area contributed by atoms with E-state index in [2.05, 4.69) is 5.32 Å². The number of carbonyl (C=O) groups excluding carboxylic acids is 1. The summed E-state index contributed by atoms with van der Waals surface area (Å²) in [6.45, 7) is 2.07. The lowest BCUT2D eigenvalue weighted by Gasteiger charge is -2.10. The number of nitrogens with one attached hydrogen (secondary N) is 1. The van der Waals surface area contributed by atoms with Crippen LogP contribution in [0, 0.1) is 0 Å². The zero-order chi connectivity index (χ0) is 15.2. The van der Waals surface area contributed by atoms with Gasteiger partial charge in [-0.25, -0.2) is 0 Å². The number of hydrogen-bond donors (Lipinski definition) is 1. The van der Waals surface area contributed by atoms with Gasteiger partial charge in [-0.05, 0) is 12.5 Å². The molecule has 0 radical (unpaired) electrons. The van der Waals surface area contributed by atoms with E-state index in [1.165, 1.54) is 0 Å². The van der Waals surface area contributed by atoms with Crippen LogP contribution in [-0.2, 0) is 17.5 Å². The number of halogens is 3. The standard InChI is InChI=1S/C13H17F3N2O2/c1-2-3-4-7-17-11(19)9-18-8-10(13(14,15)16)5-6-12(18)20/h5-6,8H,2-4,7,9H2,1H3,(H,17,19). The molecule has 0 bridgehead atoms. The van der Waals surface area contributed by atoms with Crippen LogP contribution in [-0.4, -0.2) is 17.0 Å². The summed E-state index contributed by atoms with van der Waals surface area (Å²) in [5.74, 6) is -0.470. The molecule has 7 heteroatoms. The van der Waals surface area contributed by atoms with E-state index in [1.54, 1.807) is 0 Å². The van der Waals surface area contributed by atoms with Crippen molar-refractivity contribution in [2.24, 2.45) is 0 Å². The van der Waals surface area contributed by atoms with Gasteiger partial charge in [0.15, 0.2) is 0 Å². The molecule has 112 valence electrons. The number of amides is 1. The molecular formula is C13H17F3N2O2. The van der Waals surface area contributed by atoms with Crippen molar-refractivity contribution in [1.82, 2.24) is 9.88 Å². The quantitative estimate of drug-likeness (QED) is 0.816. The maximum Gasteiger partial charge on any atom is 0.417 e. The number of nitrogens with zero attached hydrogens (tertiary/aromatic N) is 1. The Balaban J connectivity index is 2.67. The molecule has 0 aliphatic heterocycles. The van der Waals surface area contributed by atoms with Crippen molar-refractivity contribution in [1.29, 1.82) is 0 Å². The Labute approximate surface area is 114 Å². The summed E-state index contributed by atoms with van der Waals surface area (Å²) in [7, 11) is 0. The van der Waals surface area contributed by atoms with E-state index in [1.807, 2.05) is 6.92 Å². The summed E-state index contributed by atoms with van der Waals surface area (Å²) in [6.07, 6.45) is -1.10. The highest BCUT2D eigenvalue weighted by Gasteiger charge is 2.31. The summed E-state index contributed by atoms with van der Waals surface area (Å²) in [4.78, 5) is 23.0. The minimum atomic E-state index is -4.53. The van der Waals surface area contributed by atoms with Crippen molar-refractivity contribution in [3.63, 3.8) is 0 Å². The minimum absolute atomic E-state index is 0.408. The number of carbonyl (C=O) groups is 1. The molecule has 0 aromatic carbocycles. The molecule has 0 aliphatic carbocycles. The molecule has 0 spiro atoms. The highest BCUT2D eigenvalue weighted by molar-refractivity contribution is 5.75. The number of hydrogen-bond acceptors (Lipinski definition) is 2. The highest BCUT2D eigenvalue weighted by Crippen LogP contribution is 2.27. The second-order valence-corrected chi connectivity index (χ2v) is 4.44. The van der Waals surface area contributed by atoms with Gasteiger partial charge in [-0.1, -0.05) is 19.8 Å². The van der Waals surface area contributed by atoms with Gasteiger partial charge in [-0.2, -0.15) is 13.2 Å². The molecule has 0 unspecified atom stereocenters. The molecule has 1 N–H and O–H groups in total. The van der Waals surface area contributed by atoms with Gasteiger partial charge in [-0.15, -0.1) is 0 Å². The lowest BCUT2D eigenvalue weighted by molar-refractivity contribution is -0.138. The molecule has 0 fully saturated rings. The van der Waals surface area contributed by atoms with E-state index >= 15 is 0 Å². The van der Waals surface area contributed by atoms with E-state index in [0.717, 1.165) is 29.9 Å². The topological polar surface area (TPSA) is 51.1 Å². The third-order valence-electron chi connectivity index (χ3n) is 2.73. The van der Waals surface area contributed by atoms with E-state index < -0.39 is 29.8 Å². The molecular weight excluding hydrogens is 273 g/mol. The monoisotopic (exact) mass is 290 g/mol. The normalized spacial score (nSPS) is 11.4. The van der Waals surface area contributed by atoms with Crippen LogP contribution in [0.1, 0.15) is 31.7 Å². The molecule has 1 aromatic heterocycles. The van der Waals surface area contributed by atoms with Crippen LogP contribution >= 0.6 is 0 Å². The van der Waals surface area contributed by atoms with Crippen LogP contribution in [0.3, 0.4) is 0 Å². The Hall–Kier alpha value is -1.79. The first kappa shape index (κ1) is 16.3. The fraction of sp³-hybridized carbons (Fsp3) is 0.538. The first-order chi connectivity index (χ1) is 9.34. The van der Waals surface area contributed by atoms with Gasteiger partial charge in [0, 0.05) is 18.8 Å². The van der Waals surface area contributed by atoms with Crippen molar-refractivity contribution in [3.05, 3.63) is 34.2 Å². The lowest BCUT2D eigenvalue weighted by atomic mass is 10.2. The molecule has 1 aromatic rings. The first-order valence-electron chi connectivity index (χ1n) is 6.39. The molecule has 0 saturated carbocycles. The van der Waals surface area contributed by atoms with Crippen LogP contribution in [0.5, 0.6) is 0 Å². The highest BCUT2D eigenvalue weighted by atomic mass is 19.4. The van der Waals surface area contributed by atoms with Gasteiger partial charge in [0.1, 0.15) is 6.54 Å². The summed E-state index contributed by atoms with van der Waals surface area (Å²) < 4.78 is 38.3. The van der Waals surface area contributed by atoms with Gasteiger partial charge in [-0.3, -0.25) is 9.59 Å². The van der Waals surface area contributed by atoms with Crippen molar-refractivity contribution in [3.8, 4) is 0 Å². The molecule has 1 heterocycles. The number of pyridine rings is 1. The predicted octanol–water partition coefficient (Wildman–Crippen LogP) is 2.17. The Kier molecular flexibility index (Phi) is 5.79. The zero-order valence-electron chi connectivity index (χ0n) is 11.2. The SMILES string of the molecule is CCCCCNC(=O)Cn1cc(C(F)(F)F)ccc1=O. The van der Waals surface area contributed by atoms with Crippen molar-refractivity contribution in [2.75, 3.05) is 6.54 Å². The third-order valence-corrected chi connectivity index (χ3v) is 2.73. The third kappa shape index (κ3) is 5.07. The first-order valence-corrected chi connectivity index (χ1v) is 6.39. The molecule has 1 rings (SSSR count). The predicted molar refractivity (Wildman–Crippen MR) is 68.2 cm³/mol. The molecule has 20 heavy (non-hydrogen) atoms. The Morgan fingerprint density at radius 3 is 2.60 bits per heavy atom. The van der Waals surface area contributed by atoms with E-state index in [-0.39, 0.29) is 0 Å². The van der Waals surface area contributed by atoms with Crippen LogP contribution in [0.4, 0.5) is 13.2 Å². The summed E-state index contributed by atoms with van der Waals surface area (Å²) in [5.41, 5.74) is -1.59. The zero-order valence-corrected chi connectivity index (χ0v) is 11.2. The molecule has 4 nitrogen and oxygen atoms in total. The molecule has 0 atom stereocenters. The average molecular weight is 290 g/mol. The van der Waals surface area contributed by atoms with Gasteiger partial charge in [0.25, 0.3) is 5.56 Å². The summed E-state index contributed by atoms with van der Waals surface area (Å²) in [5, 5.41) is 2.57. The fourth-order valence-corrected chi connectivity index (χ4v) is 1.64. The summed E-state index contributed by atoms with van der Waals surface area (Å²) in [6, 6.07) is 1.52. The molecule has 0 aliphatic rings. The van der Waals surface area contributed by atoms with Crippen LogP contribution in [0.15, 0.2) is 23.1 Å². The van der Waals surface area contributed by atoms with E-state index in [9.17, 15) is 22.8 Å². The number of alkyl halides is 3. The lowest BCUT2D eigenvalue weighted by Crippen LogP contribution is -2.33. The summed E-state index contributed by atoms with van der Waals surface area (Å²) >= 11 is 0. The number of rotatable bonds is 6. The van der Waals surface area contributed by atoms with E-state index in [4.69, 9.17) is 0 Å². The largest absolute Gasteiger partial charge is 0.417 e. The van der Waals surface area contributed by atoms with Crippen LogP contribution in [0.25, 0.3) is 0 Å².